The Bertz CT molecular complexity index is 814. The third kappa shape index (κ3) is 1.79. The molecule has 0 amide bonds. The van der Waals surface area contributed by atoms with Crippen LogP contribution < -0.4 is 0 Å². The molecule has 0 saturated carbocycles. The quantitative estimate of drug-likeness (QED) is 0.771. The predicted molar refractivity (Wildman–Crippen MR) is 79.1 cm³/mol. The van der Waals surface area contributed by atoms with E-state index < -0.39 is 5.41 Å². The van der Waals surface area contributed by atoms with Crippen LogP contribution in [0.25, 0.3) is 22.2 Å². The Kier molecular flexibility index (Phi) is 2.65. The molecule has 4 heteroatoms. The molecule has 0 saturated heterocycles. The molecule has 0 aliphatic carbocycles. The standard InChI is InChI=1S/C16H16N4/c1-16(2,10-17)15-18-8-13(19-15)12-9-20(3)14-7-5-4-6-11(12)14/h4-9H,1-3H3,(H,18,19). The maximum atomic E-state index is 9.19. The lowest BCUT2D eigenvalue weighted by Crippen LogP contribution is -2.15. The largest absolute Gasteiger partial charge is 0.350 e. The van der Waals surface area contributed by atoms with Gasteiger partial charge in [0.25, 0.3) is 0 Å². The highest BCUT2D eigenvalue weighted by molar-refractivity contribution is 5.95. The van der Waals surface area contributed by atoms with Gasteiger partial charge in [-0.05, 0) is 19.9 Å². The molecule has 2 aromatic heterocycles. The van der Waals surface area contributed by atoms with E-state index in [1.165, 1.54) is 10.9 Å². The number of aromatic nitrogens is 3. The Morgan fingerprint density at radius 2 is 2.05 bits per heavy atom. The summed E-state index contributed by atoms with van der Waals surface area (Å²) in [6.45, 7) is 3.72. The fourth-order valence-corrected chi connectivity index (χ4v) is 2.38. The molecule has 0 fully saturated rings. The van der Waals surface area contributed by atoms with Crippen LogP contribution in [-0.4, -0.2) is 14.5 Å². The van der Waals surface area contributed by atoms with Crippen molar-refractivity contribution >= 4 is 10.9 Å². The number of para-hydroxylation sites is 1. The van der Waals surface area contributed by atoms with E-state index in [0.29, 0.717) is 5.82 Å². The molecular weight excluding hydrogens is 248 g/mol. The van der Waals surface area contributed by atoms with Crippen LogP contribution in [0.1, 0.15) is 19.7 Å². The Labute approximate surface area is 117 Å². The molecule has 1 N–H and O–H groups in total. The zero-order chi connectivity index (χ0) is 14.3. The minimum absolute atomic E-state index is 0.608. The van der Waals surface area contributed by atoms with E-state index in [4.69, 9.17) is 0 Å². The van der Waals surface area contributed by atoms with Crippen LogP contribution in [0, 0.1) is 11.3 Å². The second-order valence-electron chi connectivity index (χ2n) is 5.55. The van der Waals surface area contributed by atoms with Gasteiger partial charge in [-0.1, -0.05) is 18.2 Å². The van der Waals surface area contributed by atoms with Crippen LogP contribution in [0.5, 0.6) is 0 Å². The van der Waals surface area contributed by atoms with Gasteiger partial charge in [-0.3, -0.25) is 0 Å². The lowest BCUT2D eigenvalue weighted by molar-refractivity contribution is 0.640. The van der Waals surface area contributed by atoms with Gasteiger partial charge in [0.1, 0.15) is 11.2 Å². The van der Waals surface area contributed by atoms with Crippen molar-refractivity contribution < 1.29 is 0 Å². The van der Waals surface area contributed by atoms with Gasteiger partial charge < -0.3 is 9.55 Å². The third-order valence-corrected chi connectivity index (χ3v) is 3.63. The molecule has 4 nitrogen and oxygen atoms in total. The van der Waals surface area contributed by atoms with E-state index in [1.54, 1.807) is 6.20 Å². The number of aromatic amines is 1. The normalized spacial score (nSPS) is 11.7. The van der Waals surface area contributed by atoms with Crippen LogP contribution >= 0.6 is 0 Å². The number of aryl methyl sites for hydroxylation is 1. The van der Waals surface area contributed by atoms with E-state index in [1.807, 2.05) is 33.0 Å². The van der Waals surface area contributed by atoms with Gasteiger partial charge in [-0.15, -0.1) is 0 Å². The minimum Gasteiger partial charge on any atom is -0.350 e. The molecule has 0 bridgehead atoms. The van der Waals surface area contributed by atoms with Gasteiger partial charge in [0.2, 0.25) is 0 Å². The number of benzene rings is 1. The Hall–Kier alpha value is -2.54. The molecule has 20 heavy (non-hydrogen) atoms. The number of H-pyrrole nitrogens is 1. The second-order valence-corrected chi connectivity index (χ2v) is 5.55. The lowest BCUT2D eigenvalue weighted by Gasteiger charge is -2.10. The van der Waals surface area contributed by atoms with Crippen LogP contribution in [0.4, 0.5) is 0 Å². The molecule has 100 valence electrons. The summed E-state index contributed by atoms with van der Waals surface area (Å²) in [6.07, 6.45) is 3.89. The molecule has 0 atom stereocenters. The van der Waals surface area contributed by atoms with E-state index >= 15 is 0 Å². The molecule has 0 aliphatic rings. The molecule has 0 unspecified atom stereocenters. The zero-order valence-corrected chi connectivity index (χ0v) is 11.8. The molecular formula is C16H16N4. The van der Waals surface area contributed by atoms with Crippen molar-refractivity contribution in [2.45, 2.75) is 19.3 Å². The van der Waals surface area contributed by atoms with Crippen LogP contribution in [0.2, 0.25) is 0 Å². The number of imidazole rings is 1. The number of hydrogen-bond acceptors (Lipinski definition) is 2. The monoisotopic (exact) mass is 264 g/mol. The van der Waals surface area contributed by atoms with Crippen molar-refractivity contribution in [2.24, 2.45) is 7.05 Å². The number of nitrogens with zero attached hydrogens (tertiary/aromatic N) is 3. The molecule has 2 heterocycles. The van der Waals surface area contributed by atoms with Crippen molar-refractivity contribution in [2.75, 3.05) is 0 Å². The smallest absolute Gasteiger partial charge is 0.126 e. The summed E-state index contributed by atoms with van der Waals surface area (Å²) in [6, 6.07) is 10.5. The summed E-state index contributed by atoms with van der Waals surface area (Å²) in [7, 11) is 2.03. The SMILES string of the molecule is Cn1cc(-c2cnc(C(C)(C)C#N)[nH]2)c2ccccc21. The van der Waals surface area contributed by atoms with Gasteiger partial charge in [0.05, 0.1) is 18.0 Å². The molecule has 0 spiro atoms. The summed E-state index contributed by atoms with van der Waals surface area (Å²) in [5.41, 5.74) is 2.62. The van der Waals surface area contributed by atoms with Gasteiger partial charge in [-0.2, -0.15) is 5.26 Å². The topological polar surface area (TPSA) is 57.4 Å². The average molecular weight is 264 g/mol. The van der Waals surface area contributed by atoms with E-state index in [0.717, 1.165) is 11.3 Å². The maximum Gasteiger partial charge on any atom is 0.126 e. The van der Waals surface area contributed by atoms with Crippen molar-refractivity contribution in [3.05, 3.63) is 42.5 Å². The first kappa shape index (κ1) is 12.5. The maximum absolute atomic E-state index is 9.19. The lowest BCUT2D eigenvalue weighted by atomic mass is 9.95. The van der Waals surface area contributed by atoms with E-state index in [2.05, 4.69) is 38.9 Å². The highest BCUT2D eigenvalue weighted by atomic mass is 15.0. The Morgan fingerprint density at radius 1 is 1.30 bits per heavy atom. The first-order valence-corrected chi connectivity index (χ1v) is 6.54. The summed E-state index contributed by atoms with van der Waals surface area (Å²) >= 11 is 0. The number of nitrogens with one attached hydrogen (secondary N) is 1. The summed E-state index contributed by atoms with van der Waals surface area (Å²) in [4.78, 5) is 7.64. The predicted octanol–water partition coefficient (Wildman–Crippen LogP) is 3.37. The summed E-state index contributed by atoms with van der Waals surface area (Å²) in [5, 5.41) is 10.4. The number of nitriles is 1. The van der Waals surface area contributed by atoms with Gasteiger partial charge in [0, 0.05) is 29.7 Å². The van der Waals surface area contributed by atoms with E-state index in [-0.39, 0.29) is 0 Å². The summed E-state index contributed by atoms with van der Waals surface area (Å²) in [5.74, 6) is 0.697. The first-order valence-electron chi connectivity index (χ1n) is 6.54. The highest BCUT2D eigenvalue weighted by Crippen LogP contribution is 2.30. The molecule has 3 rings (SSSR count). The fraction of sp³-hybridized carbons (Fsp3) is 0.250. The van der Waals surface area contributed by atoms with Crippen molar-refractivity contribution in [1.82, 2.24) is 14.5 Å². The Balaban J connectivity index is 2.16. The fourth-order valence-electron chi connectivity index (χ4n) is 2.38. The number of fused-ring (bicyclic) bond motifs is 1. The van der Waals surface area contributed by atoms with Gasteiger partial charge in [0.15, 0.2) is 0 Å². The van der Waals surface area contributed by atoms with Crippen LogP contribution in [0.15, 0.2) is 36.7 Å². The first-order chi connectivity index (χ1) is 9.53. The summed E-state index contributed by atoms with van der Waals surface area (Å²) < 4.78 is 2.10. The molecule has 0 aliphatic heterocycles. The average Bonchev–Trinajstić information content (AvgIpc) is 3.05. The van der Waals surface area contributed by atoms with Crippen molar-refractivity contribution in [3.8, 4) is 17.3 Å². The van der Waals surface area contributed by atoms with Crippen molar-refractivity contribution in [3.63, 3.8) is 0 Å². The van der Waals surface area contributed by atoms with Crippen molar-refractivity contribution in [1.29, 1.82) is 5.26 Å². The third-order valence-electron chi connectivity index (χ3n) is 3.63. The van der Waals surface area contributed by atoms with Crippen LogP contribution in [-0.2, 0) is 12.5 Å². The molecule has 0 radical (unpaired) electrons. The molecule has 1 aromatic carbocycles. The molecule has 3 aromatic rings. The highest BCUT2D eigenvalue weighted by Gasteiger charge is 2.24. The van der Waals surface area contributed by atoms with Crippen LogP contribution in [0.3, 0.4) is 0 Å². The van der Waals surface area contributed by atoms with E-state index in [9.17, 15) is 5.26 Å². The number of hydrogen-bond donors (Lipinski definition) is 1. The Morgan fingerprint density at radius 3 is 2.80 bits per heavy atom. The second kappa shape index (κ2) is 4.24. The zero-order valence-electron chi connectivity index (χ0n) is 11.8. The van der Waals surface area contributed by atoms with Gasteiger partial charge in [-0.25, -0.2) is 4.98 Å². The van der Waals surface area contributed by atoms with Gasteiger partial charge >= 0.3 is 0 Å². The minimum atomic E-state index is -0.608. The number of rotatable bonds is 2.